The molecule has 0 radical (unpaired) electrons. The number of carbonyl (C=O) groups excluding carboxylic acids is 2. The zero-order valence-electron chi connectivity index (χ0n) is 7.03. The van der Waals surface area contributed by atoms with Crippen molar-refractivity contribution in [3.8, 4) is 0 Å². The summed E-state index contributed by atoms with van der Waals surface area (Å²) in [5, 5.41) is 10.3. The van der Waals surface area contributed by atoms with Crippen molar-refractivity contribution >= 4 is 12.4 Å². The number of rotatable bonds is 5. The molecule has 0 atom stereocenters. The van der Waals surface area contributed by atoms with Gasteiger partial charge in [0.2, 0.25) is 0 Å². The number of amides is 1. The summed E-state index contributed by atoms with van der Waals surface area (Å²) in [5.41, 5.74) is 0. The molecule has 0 spiro atoms. The smallest absolute Gasteiger partial charge is 0.139 e. The first-order chi connectivity index (χ1) is 5.72. The van der Waals surface area contributed by atoms with Crippen molar-refractivity contribution in [2.24, 2.45) is 0 Å². The molecule has 0 unspecified atom stereocenters. The van der Waals surface area contributed by atoms with Crippen LogP contribution in [-0.2, 0) is 4.79 Å². The van der Waals surface area contributed by atoms with E-state index >= 15 is 0 Å². The van der Waals surface area contributed by atoms with Crippen LogP contribution in [0.25, 0.3) is 0 Å². The van der Waals surface area contributed by atoms with Gasteiger partial charge >= 0.3 is 0 Å². The highest BCUT2D eigenvalue weighted by molar-refractivity contribution is 5.67. The Morgan fingerprint density at radius 1 is 1.42 bits per heavy atom. The van der Waals surface area contributed by atoms with Crippen LogP contribution in [0.2, 0.25) is 0 Å². The summed E-state index contributed by atoms with van der Waals surface area (Å²) in [6.07, 6.45) is 3.60. The molecular formula is C8H12NO3-. The molecule has 0 rings (SSSR count). The summed E-state index contributed by atoms with van der Waals surface area (Å²) in [6.45, 7) is 2.03. The molecule has 0 heterocycles. The molecule has 12 heavy (non-hydrogen) atoms. The van der Waals surface area contributed by atoms with E-state index in [1.54, 1.807) is 6.08 Å². The van der Waals surface area contributed by atoms with Crippen LogP contribution >= 0.6 is 0 Å². The summed E-state index contributed by atoms with van der Waals surface area (Å²) < 4.78 is 0. The number of carbonyl (C=O) groups is 2. The van der Waals surface area contributed by atoms with Crippen LogP contribution < -0.4 is 5.11 Å². The van der Waals surface area contributed by atoms with Gasteiger partial charge < -0.3 is 19.6 Å². The maximum absolute atomic E-state index is 10.3. The lowest BCUT2D eigenvalue weighted by molar-refractivity contribution is -0.264. The molecule has 0 aliphatic heterocycles. The van der Waals surface area contributed by atoms with Gasteiger partial charge in [0.25, 0.3) is 0 Å². The summed E-state index contributed by atoms with van der Waals surface area (Å²) in [5.74, 6) is 0. The maximum Gasteiger partial charge on any atom is 0.139 e. The zero-order chi connectivity index (χ0) is 9.40. The van der Waals surface area contributed by atoms with E-state index in [4.69, 9.17) is 0 Å². The van der Waals surface area contributed by atoms with Gasteiger partial charge in [0.1, 0.15) is 12.4 Å². The highest BCUT2D eigenvalue weighted by Gasteiger charge is 1.98. The molecule has 0 aliphatic carbocycles. The Labute approximate surface area is 71.5 Å². The van der Waals surface area contributed by atoms with Crippen LogP contribution in [0.15, 0.2) is 12.2 Å². The molecule has 68 valence electrons. The third-order valence-corrected chi connectivity index (χ3v) is 1.28. The molecule has 4 heteroatoms. The van der Waals surface area contributed by atoms with E-state index < -0.39 is 6.09 Å². The highest BCUT2D eigenvalue weighted by atomic mass is 16.4. The fraction of sp³-hybridized carbons (Fsp3) is 0.500. The molecule has 0 aromatic heterocycles. The van der Waals surface area contributed by atoms with Crippen LogP contribution in [0, 0.1) is 0 Å². The van der Waals surface area contributed by atoms with Crippen molar-refractivity contribution in [1.82, 2.24) is 4.90 Å². The largest absolute Gasteiger partial charge is 0.530 e. The monoisotopic (exact) mass is 170 g/mol. The third kappa shape index (κ3) is 4.49. The van der Waals surface area contributed by atoms with E-state index in [2.05, 4.69) is 0 Å². The second-order valence-corrected chi connectivity index (χ2v) is 2.22. The standard InChI is InChI=1S/C8H13NO3/c1-2-3-4-5-9(6-7-10)8(11)12/h3-4,7H,2,5-6H2,1H3,(H,11,12)/p-1/b4-3+. The molecule has 0 fully saturated rings. The van der Waals surface area contributed by atoms with Crippen LogP contribution in [0.4, 0.5) is 4.79 Å². The second-order valence-electron chi connectivity index (χ2n) is 2.22. The molecule has 0 aromatic rings. The third-order valence-electron chi connectivity index (χ3n) is 1.28. The number of hydrogen-bond donors (Lipinski definition) is 0. The van der Waals surface area contributed by atoms with Gasteiger partial charge in [0, 0.05) is 6.54 Å². The summed E-state index contributed by atoms with van der Waals surface area (Å²) >= 11 is 0. The molecule has 0 saturated carbocycles. The first kappa shape index (κ1) is 10.7. The first-order valence-corrected chi connectivity index (χ1v) is 3.77. The fourth-order valence-corrected chi connectivity index (χ4v) is 0.682. The number of allylic oxidation sites excluding steroid dienone is 1. The van der Waals surface area contributed by atoms with Gasteiger partial charge in [-0.2, -0.15) is 0 Å². The summed E-state index contributed by atoms with van der Waals surface area (Å²) in [4.78, 5) is 21.2. The Morgan fingerprint density at radius 3 is 2.50 bits per heavy atom. The molecule has 1 amide bonds. The fourth-order valence-electron chi connectivity index (χ4n) is 0.682. The summed E-state index contributed by atoms with van der Waals surface area (Å²) in [7, 11) is 0. The minimum Gasteiger partial charge on any atom is -0.530 e. The van der Waals surface area contributed by atoms with E-state index in [0.717, 1.165) is 11.3 Å². The molecule has 0 saturated heterocycles. The van der Waals surface area contributed by atoms with Crippen molar-refractivity contribution < 1.29 is 14.7 Å². The Hall–Kier alpha value is -1.32. The topological polar surface area (TPSA) is 60.4 Å². The SMILES string of the molecule is CC/C=C/CN(CC=O)C(=O)[O-]. The van der Waals surface area contributed by atoms with Crippen LogP contribution in [0.5, 0.6) is 0 Å². The van der Waals surface area contributed by atoms with E-state index in [-0.39, 0.29) is 13.1 Å². The van der Waals surface area contributed by atoms with Gasteiger partial charge in [-0.05, 0) is 6.42 Å². The average molecular weight is 170 g/mol. The molecule has 0 N–H and O–H groups in total. The molecule has 0 aromatic carbocycles. The van der Waals surface area contributed by atoms with Crippen molar-refractivity contribution in [3.05, 3.63) is 12.2 Å². The van der Waals surface area contributed by atoms with Gasteiger partial charge in [-0.15, -0.1) is 0 Å². The van der Waals surface area contributed by atoms with E-state index in [1.165, 1.54) is 0 Å². The van der Waals surface area contributed by atoms with Gasteiger partial charge in [-0.3, -0.25) is 0 Å². The van der Waals surface area contributed by atoms with Gasteiger partial charge in [0.15, 0.2) is 0 Å². The van der Waals surface area contributed by atoms with E-state index in [1.807, 2.05) is 13.0 Å². The van der Waals surface area contributed by atoms with Crippen molar-refractivity contribution in [2.75, 3.05) is 13.1 Å². The minimum atomic E-state index is -1.32. The number of hydrogen-bond acceptors (Lipinski definition) is 3. The molecular weight excluding hydrogens is 158 g/mol. The zero-order valence-corrected chi connectivity index (χ0v) is 7.03. The Kier molecular flexibility index (Phi) is 5.69. The number of nitrogens with zero attached hydrogens (tertiary/aromatic N) is 1. The Bertz CT molecular complexity index is 177. The van der Waals surface area contributed by atoms with Crippen LogP contribution in [0.3, 0.4) is 0 Å². The summed E-state index contributed by atoms with van der Waals surface area (Å²) in [6, 6.07) is 0. The average Bonchev–Trinajstić information content (AvgIpc) is 2.03. The predicted molar refractivity (Wildman–Crippen MR) is 42.5 cm³/mol. The molecule has 0 bridgehead atoms. The first-order valence-electron chi connectivity index (χ1n) is 3.77. The van der Waals surface area contributed by atoms with Crippen molar-refractivity contribution in [2.45, 2.75) is 13.3 Å². The van der Waals surface area contributed by atoms with Gasteiger partial charge in [0.05, 0.1) is 6.54 Å². The highest BCUT2D eigenvalue weighted by Crippen LogP contribution is 1.87. The number of aldehydes is 1. The van der Waals surface area contributed by atoms with Gasteiger partial charge in [-0.1, -0.05) is 19.1 Å². The lowest BCUT2D eigenvalue weighted by Gasteiger charge is -2.20. The van der Waals surface area contributed by atoms with Crippen LogP contribution in [0.1, 0.15) is 13.3 Å². The molecule has 4 nitrogen and oxygen atoms in total. The predicted octanol–water partition coefficient (Wildman–Crippen LogP) is -0.203. The minimum absolute atomic E-state index is 0.129. The number of carboxylic acid groups (broad SMARTS) is 1. The molecule has 0 aliphatic rings. The Balaban J connectivity index is 3.86. The van der Waals surface area contributed by atoms with Crippen molar-refractivity contribution in [3.63, 3.8) is 0 Å². The quantitative estimate of drug-likeness (QED) is 0.424. The lowest BCUT2D eigenvalue weighted by atomic mass is 10.4. The lowest BCUT2D eigenvalue weighted by Crippen LogP contribution is -2.42. The Morgan fingerprint density at radius 2 is 2.08 bits per heavy atom. The second kappa shape index (κ2) is 6.39. The van der Waals surface area contributed by atoms with Gasteiger partial charge in [-0.25, -0.2) is 0 Å². The normalized spacial score (nSPS) is 10.1. The van der Waals surface area contributed by atoms with E-state index in [9.17, 15) is 14.7 Å². The van der Waals surface area contributed by atoms with Crippen LogP contribution in [-0.4, -0.2) is 30.4 Å². The maximum atomic E-state index is 10.3. The van der Waals surface area contributed by atoms with E-state index in [0.29, 0.717) is 6.29 Å². The van der Waals surface area contributed by atoms with Crippen molar-refractivity contribution in [1.29, 1.82) is 0 Å².